The number of rotatable bonds is 5. The van der Waals surface area contributed by atoms with E-state index in [0.29, 0.717) is 6.67 Å². The summed E-state index contributed by atoms with van der Waals surface area (Å²) in [5.41, 5.74) is 1.10. The zero-order chi connectivity index (χ0) is 12.7. The molecular formula is C13H20N2OS. The summed E-state index contributed by atoms with van der Waals surface area (Å²) in [5, 5.41) is 13.7. The van der Waals surface area contributed by atoms with Crippen molar-refractivity contribution in [1.29, 1.82) is 0 Å². The van der Waals surface area contributed by atoms with Crippen LogP contribution in [0.2, 0.25) is 0 Å². The lowest BCUT2D eigenvalue weighted by Gasteiger charge is -2.15. The molecule has 1 unspecified atom stereocenters. The first-order valence-electron chi connectivity index (χ1n) is 5.74. The highest BCUT2D eigenvalue weighted by Crippen LogP contribution is 2.21. The van der Waals surface area contributed by atoms with Gasteiger partial charge in [0.1, 0.15) is 0 Å². The van der Waals surface area contributed by atoms with Crippen LogP contribution in [0.1, 0.15) is 19.4 Å². The summed E-state index contributed by atoms with van der Waals surface area (Å²) in [5.74, 6) is 0. The predicted octanol–water partition coefficient (Wildman–Crippen LogP) is 2.11. The molecule has 94 valence electrons. The molecule has 0 radical (unpaired) electrons. The highest BCUT2D eigenvalue weighted by molar-refractivity contribution is 8.15. The third-order valence-electron chi connectivity index (χ3n) is 2.38. The van der Waals surface area contributed by atoms with E-state index >= 15 is 0 Å². The average molecular weight is 252 g/mol. The third-order valence-corrected chi connectivity index (χ3v) is 3.73. The first-order valence-corrected chi connectivity index (χ1v) is 6.62. The fraction of sp³-hybridized carbons (Fsp3) is 0.462. The first kappa shape index (κ1) is 14.2. The molecule has 0 bridgehead atoms. The van der Waals surface area contributed by atoms with Crippen LogP contribution in [0.5, 0.6) is 0 Å². The van der Waals surface area contributed by atoms with Crippen LogP contribution in [0.25, 0.3) is 0 Å². The molecule has 0 aliphatic rings. The second-order valence-electron chi connectivity index (χ2n) is 3.90. The molecule has 4 heteroatoms. The maximum Gasteiger partial charge on any atom is 0.0996 e. The molecule has 0 heterocycles. The summed E-state index contributed by atoms with van der Waals surface area (Å²) < 4.78 is 0. The number of aliphatic hydroxyl groups excluding tert-OH is 1. The monoisotopic (exact) mass is 252 g/mol. The largest absolute Gasteiger partial charge is 0.392 e. The van der Waals surface area contributed by atoms with Gasteiger partial charge in [0, 0.05) is 10.8 Å². The number of hydrogen-bond acceptors (Lipinski definition) is 4. The lowest BCUT2D eigenvalue weighted by atomic mass is 10.2. The number of benzene rings is 1. The fourth-order valence-electron chi connectivity index (χ4n) is 1.20. The number of hydrogen-bond donors (Lipinski definition) is 2. The average Bonchev–Trinajstić information content (AvgIpc) is 2.35. The lowest BCUT2D eigenvalue weighted by molar-refractivity contribution is 0.196. The molecule has 3 nitrogen and oxygen atoms in total. The van der Waals surface area contributed by atoms with E-state index in [1.54, 1.807) is 18.7 Å². The number of thioether (sulfide) groups is 1. The van der Waals surface area contributed by atoms with Crippen molar-refractivity contribution in [3.8, 4) is 0 Å². The molecule has 1 aromatic rings. The standard InChI is InChI=1S/C13H20N2OS/c1-10(16)11(2)17-13(15-9-14-3)12-7-5-4-6-8-12/h4-8,10-11,14,16H,9H2,1-3H3/b15-13-/t10-,11?/m0/s1. The van der Waals surface area contributed by atoms with Gasteiger partial charge in [-0.1, -0.05) is 37.3 Å². The summed E-state index contributed by atoms with van der Waals surface area (Å²) in [6.07, 6.45) is -0.344. The molecule has 17 heavy (non-hydrogen) atoms. The second kappa shape index (κ2) is 7.48. The van der Waals surface area contributed by atoms with E-state index in [-0.39, 0.29) is 11.4 Å². The maximum atomic E-state index is 9.55. The molecule has 1 aromatic carbocycles. The van der Waals surface area contributed by atoms with Crippen LogP contribution < -0.4 is 5.32 Å². The molecule has 1 rings (SSSR count). The van der Waals surface area contributed by atoms with Gasteiger partial charge in [0.15, 0.2) is 0 Å². The molecule has 0 saturated carbocycles. The highest BCUT2D eigenvalue weighted by Gasteiger charge is 2.14. The van der Waals surface area contributed by atoms with E-state index in [4.69, 9.17) is 0 Å². The molecule has 0 fully saturated rings. The number of nitrogens with one attached hydrogen (secondary N) is 1. The van der Waals surface area contributed by atoms with Crippen LogP contribution in [0.3, 0.4) is 0 Å². The van der Waals surface area contributed by atoms with Crippen LogP contribution in [0, 0.1) is 0 Å². The third kappa shape index (κ3) is 4.89. The van der Waals surface area contributed by atoms with E-state index in [0.717, 1.165) is 10.6 Å². The van der Waals surface area contributed by atoms with Gasteiger partial charge < -0.3 is 10.4 Å². The molecule has 0 aliphatic heterocycles. The van der Waals surface area contributed by atoms with Gasteiger partial charge in [-0.25, -0.2) is 0 Å². The number of nitrogens with zero attached hydrogens (tertiary/aromatic N) is 1. The zero-order valence-corrected chi connectivity index (χ0v) is 11.4. The maximum absolute atomic E-state index is 9.55. The van der Waals surface area contributed by atoms with E-state index < -0.39 is 0 Å². The Balaban J connectivity index is 2.82. The van der Waals surface area contributed by atoms with Crippen molar-refractivity contribution in [2.24, 2.45) is 4.99 Å². The topological polar surface area (TPSA) is 44.6 Å². The van der Waals surface area contributed by atoms with Gasteiger partial charge in [-0.15, -0.1) is 11.8 Å². The lowest BCUT2D eigenvalue weighted by Crippen LogP contribution is -2.18. The minimum atomic E-state index is -0.344. The minimum Gasteiger partial charge on any atom is -0.392 e. The molecule has 2 N–H and O–H groups in total. The summed E-state index contributed by atoms with van der Waals surface area (Å²) in [7, 11) is 1.87. The number of aliphatic hydroxyl groups is 1. The summed E-state index contributed by atoms with van der Waals surface area (Å²) in [6.45, 7) is 4.40. The quantitative estimate of drug-likeness (QED) is 0.623. The Morgan fingerprint density at radius 3 is 2.53 bits per heavy atom. The Morgan fingerprint density at radius 2 is 2.00 bits per heavy atom. The van der Waals surface area contributed by atoms with Crippen molar-refractivity contribution in [3.63, 3.8) is 0 Å². The Hall–Kier alpha value is -0.840. The Bertz CT molecular complexity index is 352. The first-order chi connectivity index (χ1) is 8.15. The molecular weight excluding hydrogens is 232 g/mol. The van der Waals surface area contributed by atoms with E-state index in [1.165, 1.54) is 0 Å². The molecule has 2 atom stereocenters. The summed E-state index contributed by atoms with van der Waals surface area (Å²) in [6, 6.07) is 10.1. The van der Waals surface area contributed by atoms with E-state index in [1.807, 2.05) is 44.3 Å². The van der Waals surface area contributed by atoms with Gasteiger partial charge in [-0.05, 0) is 14.0 Å². The van der Waals surface area contributed by atoms with Crippen LogP contribution in [-0.2, 0) is 0 Å². The van der Waals surface area contributed by atoms with Gasteiger partial charge in [-0.2, -0.15) is 0 Å². The Labute approximate surface area is 107 Å². The number of aliphatic imine (C=N–C) groups is 1. The molecule has 0 spiro atoms. The van der Waals surface area contributed by atoms with Gasteiger partial charge >= 0.3 is 0 Å². The van der Waals surface area contributed by atoms with Crippen molar-refractivity contribution in [1.82, 2.24) is 5.32 Å². The molecule has 0 aromatic heterocycles. The van der Waals surface area contributed by atoms with Crippen molar-refractivity contribution in [3.05, 3.63) is 35.9 Å². The van der Waals surface area contributed by atoms with Crippen LogP contribution >= 0.6 is 11.8 Å². The SMILES string of the molecule is CNC/N=C(\SC(C)[C@H](C)O)c1ccccc1. The normalized spacial score (nSPS) is 15.6. The highest BCUT2D eigenvalue weighted by atomic mass is 32.2. The fourth-order valence-corrected chi connectivity index (χ4v) is 2.16. The molecule has 0 aliphatic carbocycles. The molecule has 0 amide bonds. The Morgan fingerprint density at radius 1 is 1.35 bits per heavy atom. The van der Waals surface area contributed by atoms with Crippen molar-refractivity contribution in [2.75, 3.05) is 13.7 Å². The van der Waals surface area contributed by atoms with Crippen molar-refractivity contribution >= 4 is 16.8 Å². The zero-order valence-electron chi connectivity index (χ0n) is 10.6. The van der Waals surface area contributed by atoms with Crippen LogP contribution in [0.4, 0.5) is 0 Å². The smallest absolute Gasteiger partial charge is 0.0996 e. The van der Waals surface area contributed by atoms with Crippen LogP contribution in [0.15, 0.2) is 35.3 Å². The predicted molar refractivity (Wildman–Crippen MR) is 75.6 cm³/mol. The Kier molecular flexibility index (Phi) is 6.26. The summed E-state index contributed by atoms with van der Waals surface area (Å²) in [4.78, 5) is 4.49. The second-order valence-corrected chi connectivity index (χ2v) is 5.27. The van der Waals surface area contributed by atoms with Gasteiger partial charge in [0.25, 0.3) is 0 Å². The minimum absolute atomic E-state index is 0.130. The van der Waals surface area contributed by atoms with Gasteiger partial charge in [0.05, 0.1) is 17.8 Å². The van der Waals surface area contributed by atoms with Crippen molar-refractivity contribution < 1.29 is 5.11 Å². The van der Waals surface area contributed by atoms with Crippen LogP contribution in [-0.4, -0.2) is 35.2 Å². The van der Waals surface area contributed by atoms with E-state index in [9.17, 15) is 5.11 Å². The van der Waals surface area contributed by atoms with E-state index in [2.05, 4.69) is 10.3 Å². The van der Waals surface area contributed by atoms with Gasteiger partial charge in [0.2, 0.25) is 0 Å². The summed E-state index contributed by atoms with van der Waals surface area (Å²) >= 11 is 1.61. The van der Waals surface area contributed by atoms with Crippen molar-refractivity contribution in [2.45, 2.75) is 25.2 Å². The van der Waals surface area contributed by atoms with Gasteiger partial charge in [-0.3, -0.25) is 4.99 Å². The molecule has 0 saturated heterocycles.